The normalized spacial score (nSPS) is 12.9. The second kappa shape index (κ2) is 7.74. The molecule has 1 N–H and O–H groups in total. The van der Waals surface area contributed by atoms with Gasteiger partial charge < -0.3 is 0 Å². The first kappa shape index (κ1) is 13.4. The molecule has 0 bridgehead atoms. The number of hydrogen-bond acceptors (Lipinski definition) is 2. The smallest absolute Gasteiger partial charge is 0.264 e. The first-order chi connectivity index (χ1) is 6.86. The van der Waals surface area contributed by atoms with Crippen LogP contribution < -0.4 is 5.56 Å². The summed E-state index contributed by atoms with van der Waals surface area (Å²) in [6, 6.07) is 1.69. The highest BCUT2D eigenvalue weighted by molar-refractivity contribution is 7.79. The van der Waals surface area contributed by atoms with Crippen molar-refractivity contribution in [2.45, 2.75) is 39.7 Å². The van der Waals surface area contributed by atoms with Crippen LogP contribution in [0, 0.1) is 0 Å². The summed E-state index contributed by atoms with van der Waals surface area (Å²) < 4.78 is 1.95. The highest BCUT2D eigenvalue weighted by atomic mass is 32.1. The zero-order valence-corrected chi connectivity index (χ0v) is 10.1. The Labute approximate surface area is 90.9 Å². The predicted octanol–water partition coefficient (Wildman–Crippen LogP) is 2.08. The quantitative estimate of drug-likeness (QED) is 0.640. The fourth-order valence-corrected chi connectivity index (χ4v) is 1.45. The minimum absolute atomic E-state index is 0.0388. The van der Waals surface area contributed by atoms with Gasteiger partial charge in [0, 0.05) is 18.3 Å². The molecule has 14 heavy (non-hydrogen) atoms. The van der Waals surface area contributed by atoms with Crippen molar-refractivity contribution in [1.82, 2.24) is 9.78 Å². The summed E-state index contributed by atoms with van der Waals surface area (Å²) in [5, 5.41) is 2.76. The summed E-state index contributed by atoms with van der Waals surface area (Å²) in [5.74, 6) is 0. The lowest BCUT2D eigenvalue weighted by Gasteiger charge is -2.12. The van der Waals surface area contributed by atoms with E-state index in [1.165, 1.54) is 12.8 Å². The van der Waals surface area contributed by atoms with Crippen molar-refractivity contribution >= 4 is 12.6 Å². The van der Waals surface area contributed by atoms with Gasteiger partial charge >= 0.3 is 0 Å². The Morgan fingerprint density at radius 2 is 2.00 bits per heavy atom. The van der Waals surface area contributed by atoms with Crippen molar-refractivity contribution in [2.75, 3.05) is 6.26 Å². The van der Waals surface area contributed by atoms with Gasteiger partial charge in [0.05, 0.1) is 0 Å². The van der Waals surface area contributed by atoms with Crippen LogP contribution in [0.15, 0.2) is 10.9 Å². The van der Waals surface area contributed by atoms with Gasteiger partial charge in [-0.2, -0.15) is 12.6 Å². The number of thiol groups is 1. The molecule has 4 heteroatoms. The number of aryl methyl sites for hydroxylation is 2. The molecule has 0 saturated carbocycles. The van der Waals surface area contributed by atoms with Crippen molar-refractivity contribution < 1.29 is 0 Å². The van der Waals surface area contributed by atoms with E-state index in [0.29, 0.717) is 0 Å². The number of fused-ring (bicyclic) bond motifs is 1. The van der Waals surface area contributed by atoms with E-state index in [-0.39, 0.29) is 5.56 Å². The van der Waals surface area contributed by atoms with Crippen LogP contribution in [0.2, 0.25) is 0 Å². The predicted molar refractivity (Wildman–Crippen MR) is 64.2 cm³/mol. The third kappa shape index (κ3) is 3.62. The number of H-pyrrole nitrogens is 1. The molecule has 1 aliphatic heterocycles. The highest BCUT2D eigenvalue weighted by Crippen LogP contribution is 2.09. The Morgan fingerprint density at radius 3 is 2.57 bits per heavy atom. The van der Waals surface area contributed by atoms with Crippen LogP contribution in [-0.2, 0) is 13.0 Å². The fourth-order valence-electron chi connectivity index (χ4n) is 1.45. The molecule has 0 aliphatic carbocycles. The third-order valence-corrected chi connectivity index (χ3v) is 1.95. The Balaban J connectivity index is 0.000000379. The van der Waals surface area contributed by atoms with Crippen molar-refractivity contribution in [3.8, 4) is 0 Å². The van der Waals surface area contributed by atoms with Gasteiger partial charge in [0.25, 0.3) is 5.56 Å². The van der Waals surface area contributed by atoms with E-state index in [1.807, 2.05) is 18.5 Å². The first-order valence-corrected chi connectivity index (χ1v) is 5.99. The lowest BCUT2D eigenvalue weighted by Crippen LogP contribution is -2.11. The van der Waals surface area contributed by atoms with Crippen LogP contribution in [0.4, 0.5) is 0 Å². The van der Waals surface area contributed by atoms with Gasteiger partial charge in [-0.15, -0.1) is 0 Å². The number of rotatable bonds is 0. The maximum Gasteiger partial charge on any atom is 0.264 e. The molecule has 1 aromatic rings. The van der Waals surface area contributed by atoms with E-state index < -0.39 is 0 Å². The van der Waals surface area contributed by atoms with Gasteiger partial charge in [0.1, 0.15) is 0 Å². The minimum atomic E-state index is 0.0388. The summed E-state index contributed by atoms with van der Waals surface area (Å²) in [6.07, 6.45) is 5.16. The molecule has 1 aliphatic rings. The minimum Gasteiger partial charge on any atom is -0.289 e. The average molecular weight is 216 g/mol. The lowest BCUT2D eigenvalue weighted by atomic mass is 10.1. The molecule has 2 rings (SSSR count). The summed E-state index contributed by atoms with van der Waals surface area (Å²) >= 11 is 3.53. The Kier molecular flexibility index (Phi) is 7.38. The lowest BCUT2D eigenvalue weighted by molar-refractivity contribution is 0.484. The molecule has 0 amide bonds. The van der Waals surface area contributed by atoms with E-state index in [4.69, 9.17) is 0 Å². The van der Waals surface area contributed by atoms with Gasteiger partial charge in [-0.05, 0) is 25.5 Å². The van der Waals surface area contributed by atoms with Gasteiger partial charge in [-0.3, -0.25) is 14.6 Å². The number of nitrogens with zero attached hydrogens (tertiary/aromatic N) is 1. The second-order valence-electron chi connectivity index (χ2n) is 2.72. The van der Waals surface area contributed by atoms with Crippen LogP contribution in [0.3, 0.4) is 0 Å². The number of nitrogens with one attached hydrogen (secondary N) is 1. The molecule has 82 valence electrons. The summed E-state index contributed by atoms with van der Waals surface area (Å²) in [4.78, 5) is 10.8. The Morgan fingerprint density at radius 1 is 1.36 bits per heavy atom. The molecule has 0 unspecified atom stereocenters. The van der Waals surface area contributed by atoms with E-state index in [0.717, 1.165) is 18.7 Å². The summed E-state index contributed by atoms with van der Waals surface area (Å²) in [6.45, 7) is 4.98. The molecular formula is C10H20N2OS. The maximum absolute atomic E-state index is 10.8. The molecular weight excluding hydrogens is 196 g/mol. The summed E-state index contributed by atoms with van der Waals surface area (Å²) in [5.41, 5.74) is 1.20. The molecule has 0 radical (unpaired) electrons. The van der Waals surface area contributed by atoms with Crippen LogP contribution in [0.25, 0.3) is 0 Å². The molecule has 1 aromatic heterocycles. The van der Waals surface area contributed by atoms with Crippen LogP contribution in [-0.4, -0.2) is 16.0 Å². The van der Waals surface area contributed by atoms with Gasteiger partial charge in [-0.25, -0.2) is 0 Å². The summed E-state index contributed by atoms with van der Waals surface area (Å²) in [7, 11) is 0. The molecule has 0 fully saturated rings. The zero-order chi connectivity index (χ0) is 11.0. The van der Waals surface area contributed by atoms with Crippen LogP contribution in [0.5, 0.6) is 0 Å². The molecule has 2 heterocycles. The van der Waals surface area contributed by atoms with Crippen LogP contribution in [0.1, 0.15) is 32.4 Å². The Bertz CT molecular complexity index is 264. The fraction of sp³-hybridized carbons (Fsp3) is 0.700. The van der Waals surface area contributed by atoms with Gasteiger partial charge in [0.2, 0.25) is 0 Å². The number of aromatic amines is 1. The second-order valence-corrected chi connectivity index (χ2v) is 2.72. The largest absolute Gasteiger partial charge is 0.289 e. The molecule has 0 aromatic carbocycles. The standard InChI is InChI=1S/C7H10N2O.C2H6.CH4S/c10-7-5-6-3-1-2-4-9(6)8-7;2*1-2/h5H,1-4H2,(H,8,10);1-2H3;2H,1H3. The van der Waals surface area contributed by atoms with Crippen LogP contribution >= 0.6 is 12.6 Å². The van der Waals surface area contributed by atoms with Crippen molar-refractivity contribution in [3.05, 3.63) is 22.1 Å². The topological polar surface area (TPSA) is 37.8 Å². The Hall–Kier alpha value is -0.640. The highest BCUT2D eigenvalue weighted by Gasteiger charge is 2.08. The number of aromatic nitrogens is 2. The van der Waals surface area contributed by atoms with E-state index in [9.17, 15) is 4.79 Å². The van der Waals surface area contributed by atoms with E-state index >= 15 is 0 Å². The molecule has 3 nitrogen and oxygen atoms in total. The van der Waals surface area contributed by atoms with Crippen molar-refractivity contribution in [3.63, 3.8) is 0 Å². The SMILES string of the molecule is CC.CS.O=c1cc2n([nH]1)CCCC2. The van der Waals surface area contributed by atoms with Crippen molar-refractivity contribution in [2.24, 2.45) is 0 Å². The third-order valence-electron chi connectivity index (χ3n) is 1.95. The molecule has 0 atom stereocenters. The average Bonchev–Trinajstić information content (AvgIpc) is 2.64. The monoisotopic (exact) mass is 216 g/mol. The van der Waals surface area contributed by atoms with Gasteiger partial charge in [0.15, 0.2) is 0 Å². The number of hydrogen-bond donors (Lipinski definition) is 2. The molecule has 0 spiro atoms. The van der Waals surface area contributed by atoms with Gasteiger partial charge in [-0.1, -0.05) is 13.8 Å². The maximum atomic E-state index is 10.8. The first-order valence-electron chi connectivity index (χ1n) is 5.10. The molecule has 0 saturated heterocycles. The van der Waals surface area contributed by atoms with E-state index in [2.05, 4.69) is 17.7 Å². The van der Waals surface area contributed by atoms with E-state index in [1.54, 1.807) is 12.3 Å². The van der Waals surface area contributed by atoms with Crippen molar-refractivity contribution in [1.29, 1.82) is 0 Å². The zero-order valence-electron chi connectivity index (χ0n) is 9.21.